The molecule has 2 aliphatic rings. The summed E-state index contributed by atoms with van der Waals surface area (Å²) in [5, 5.41) is 9.14. The van der Waals surface area contributed by atoms with Gasteiger partial charge in [0.2, 0.25) is 0 Å². The van der Waals surface area contributed by atoms with Crippen LogP contribution in [0.5, 0.6) is 0 Å². The minimum Gasteiger partial charge on any atom is -0.396 e. The standard InChI is InChI=1S/C19H25N3O4S/c1-27(24,25)18-4-2-14(3-5-18)19-20-7-8-22(19)15-10-16-13-26-17(6-9-23)12-21(16)11-15/h2-5,7-8,15-17,23H,6,9-13H2,1H3/t15-,16-,17-/m0/s1. The maximum Gasteiger partial charge on any atom is 0.175 e. The smallest absolute Gasteiger partial charge is 0.175 e. The molecule has 146 valence electrons. The summed E-state index contributed by atoms with van der Waals surface area (Å²) in [5.41, 5.74) is 0.909. The Hall–Kier alpha value is -1.74. The molecule has 0 unspecified atom stereocenters. The van der Waals surface area contributed by atoms with Crippen LogP contribution >= 0.6 is 0 Å². The molecule has 1 N–H and O–H groups in total. The zero-order valence-corrected chi connectivity index (χ0v) is 16.2. The van der Waals surface area contributed by atoms with Crippen LogP contribution in [-0.4, -0.2) is 72.7 Å². The Morgan fingerprint density at radius 3 is 2.70 bits per heavy atom. The number of nitrogens with zero attached hydrogens (tertiary/aromatic N) is 3. The highest BCUT2D eigenvalue weighted by molar-refractivity contribution is 7.90. The minimum atomic E-state index is -3.20. The van der Waals surface area contributed by atoms with Gasteiger partial charge >= 0.3 is 0 Å². The maximum atomic E-state index is 11.7. The van der Waals surface area contributed by atoms with Gasteiger partial charge in [0.15, 0.2) is 9.84 Å². The molecule has 0 spiro atoms. The average molecular weight is 391 g/mol. The molecule has 3 heterocycles. The number of rotatable bonds is 5. The second-order valence-corrected chi connectivity index (χ2v) is 9.44. The van der Waals surface area contributed by atoms with Gasteiger partial charge in [0.05, 0.1) is 17.6 Å². The van der Waals surface area contributed by atoms with Gasteiger partial charge in [-0.2, -0.15) is 0 Å². The first kappa shape index (κ1) is 18.6. The first-order valence-electron chi connectivity index (χ1n) is 9.25. The first-order chi connectivity index (χ1) is 13.0. The molecule has 1 aromatic heterocycles. The van der Waals surface area contributed by atoms with Gasteiger partial charge < -0.3 is 14.4 Å². The Morgan fingerprint density at radius 2 is 2.00 bits per heavy atom. The highest BCUT2D eigenvalue weighted by Gasteiger charge is 2.38. The van der Waals surface area contributed by atoms with E-state index in [1.165, 1.54) is 6.26 Å². The largest absolute Gasteiger partial charge is 0.396 e. The zero-order valence-electron chi connectivity index (χ0n) is 15.4. The Labute approximate surface area is 159 Å². The van der Waals surface area contributed by atoms with Crippen LogP contribution in [0.15, 0.2) is 41.6 Å². The van der Waals surface area contributed by atoms with Crippen molar-refractivity contribution in [3.05, 3.63) is 36.7 Å². The van der Waals surface area contributed by atoms with Crippen LogP contribution < -0.4 is 0 Å². The summed E-state index contributed by atoms with van der Waals surface area (Å²) in [6, 6.07) is 7.60. The quantitative estimate of drug-likeness (QED) is 0.828. The van der Waals surface area contributed by atoms with Gasteiger partial charge in [-0.25, -0.2) is 13.4 Å². The number of ether oxygens (including phenoxy) is 1. The third kappa shape index (κ3) is 3.80. The molecule has 8 heteroatoms. The number of fused-ring (bicyclic) bond motifs is 1. The van der Waals surface area contributed by atoms with Crippen molar-refractivity contribution >= 4 is 9.84 Å². The summed E-state index contributed by atoms with van der Waals surface area (Å²) in [4.78, 5) is 7.28. The van der Waals surface area contributed by atoms with Gasteiger partial charge in [0.25, 0.3) is 0 Å². The van der Waals surface area contributed by atoms with Crippen LogP contribution in [0.4, 0.5) is 0 Å². The lowest BCUT2D eigenvalue weighted by Crippen LogP contribution is -2.46. The summed E-state index contributed by atoms with van der Waals surface area (Å²) in [6.07, 6.45) is 6.78. The second kappa shape index (κ2) is 7.35. The molecule has 0 bridgehead atoms. The van der Waals surface area contributed by atoms with Crippen LogP contribution in [0.1, 0.15) is 18.9 Å². The number of benzene rings is 1. The molecule has 0 aliphatic carbocycles. The van der Waals surface area contributed by atoms with Crippen LogP contribution in [-0.2, 0) is 14.6 Å². The van der Waals surface area contributed by atoms with E-state index in [0.717, 1.165) is 30.9 Å². The van der Waals surface area contributed by atoms with E-state index < -0.39 is 9.84 Å². The Bertz CT molecular complexity index is 894. The highest BCUT2D eigenvalue weighted by atomic mass is 32.2. The average Bonchev–Trinajstić information content (AvgIpc) is 3.27. The van der Waals surface area contributed by atoms with Gasteiger partial charge in [0, 0.05) is 56.0 Å². The monoisotopic (exact) mass is 391 g/mol. The van der Waals surface area contributed by atoms with E-state index in [1.807, 2.05) is 18.3 Å². The number of sulfone groups is 1. The van der Waals surface area contributed by atoms with Crippen molar-refractivity contribution in [3.8, 4) is 11.4 Å². The third-order valence-electron chi connectivity index (χ3n) is 5.52. The number of aromatic nitrogens is 2. The predicted octanol–water partition coefficient (Wildman–Crippen LogP) is 1.35. The van der Waals surface area contributed by atoms with Gasteiger partial charge in [-0.05, 0) is 37.1 Å². The molecule has 2 saturated heterocycles. The number of hydrogen-bond donors (Lipinski definition) is 1. The van der Waals surface area contributed by atoms with E-state index in [2.05, 4.69) is 14.5 Å². The number of imidazole rings is 1. The molecule has 27 heavy (non-hydrogen) atoms. The summed E-state index contributed by atoms with van der Waals surface area (Å²) in [7, 11) is -3.20. The van der Waals surface area contributed by atoms with E-state index in [-0.39, 0.29) is 12.7 Å². The summed E-state index contributed by atoms with van der Waals surface area (Å²) >= 11 is 0. The fourth-order valence-electron chi connectivity index (χ4n) is 4.12. The Morgan fingerprint density at radius 1 is 1.22 bits per heavy atom. The number of morpholine rings is 1. The van der Waals surface area contributed by atoms with Gasteiger partial charge in [0.1, 0.15) is 5.82 Å². The summed E-state index contributed by atoms with van der Waals surface area (Å²) < 4.78 is 31.4. The van der Waals surface area contributed by atoms with Crippen molar-refractivity contribution in [3.63, 3.8) is 0 Å². The van der Waals surface area contributed by atoms with E-state index in [9.17, 15) is 8.42 Å². The van der Waals surface area contributed by atoms with E-state index >= 15 is 0 Å². The first-order valence-corrected chi connectivity index (χ1v) is 11.1. The molecule has 2 fully saturated rings. The number of aliphatic hydroxyl groups excluding tert-OH is 1. The second-order valence-electron chi connectivity index (χ2n) is 7.42. The molecular weight excluding hydrogens is 366 g/mol. The Kier molecular flexibility index (Phi) is 5.07. The molecule has 0 amide bonds. The van der Waals surface area contributed by atoms with Crippen molar-refractivity contribution in [1.82, 2.24) is 14.5 Å². The molecule has 4 rings (SSSR count). The molecule has 1 aromatic carbocycles. The predicted molar refractivity (Wildman–Crippen MR) is 101 cm³/mol. The van der Waals surface area contributed by atoms with Crippen molar-refractivity contribution in [1.29, 1.82) is 0 Å². The molecule has 7 nitrogen and oxygen atoms in total. The van der Waals surface area contributed by atoms with Crippen molar-refractivity contribution < 1.29 is 18.3 Å². The third-order valence-corrected chi connectivity index (χ3v) is 6.65. The van der Waals surface area contributed by atoms with Gasteiger partial charge in [-0.3, -0.25) is 4.90 Å². The lowest BCUT2D eigenvalue weighted by atomic mass is 10.1. The highest BCUT2D eigenvalue weighted by Crippen LogP contribution is 2.33. The molecule has 0 radical (unpaired) electrons. The summed E-state index contributed by atoms with van der Waals surface area (Å²) in [5.74, 6) is 0.854. The summed E-state index contributed by atoms with van der Waals surface area (Å²) in [6.45, 7) is 2.64. The maximum absolute atomic E-state index is 11.7. The van der Waals surface area contributed by atoms with Gasteiger partial charge in [-0.15, -0.1) is 0 Å². The van der Waals surface area contributed by atoms with Gasteiger partial charge in [-0.1, -0.05) is 0 Å². The Balaban J connectivity index is 1.53. The molecule has 3 atom stereocenters. The zero-order chi connectivity index (χ0) is 19.0. The molecule has 2 aliphatic heterocycles. The van der Waals surface area contributed by atoms with Crippen molar-refractivity contribution in [2.24, 2.45) is 0 Å². The fraction of sp³-hybridized carbons (Fsp3) is 0.526. The number of aliphatic hydroxyl groups is 1. The topological polar surface area (TPSA) is 84.7 Å². The van der Waals surface area contributed by atoms with Crippen molar-refractivity contribution in [2.75, 3.05) is 32.6 Å². The van der Waals surface area contributed by atoms with Crippen LogP contribution in [0, 0.1) is 0 Å². The number of hydrogen-bond acceptors (Lipinski definition) is 6. The molecule has 2 aromatic rings. The SMILES string of the molecule is CS(=O)(=O)c1ccc(-c2nccn2[C@H]2C[C@H]3CO[C@@H](CCO)CN3C2)cc1. The lowest BCUT2D eigenvalue weighted by molar-refractivity contribution is -0.0567. The molecule has 0 saturated carbocycles. The van der Waals surface area contributed by atoms with E-state index in [1.54, 1.807) is 18.3 Å². The molecular formula is C19H25N3O4S. The van der Waals surface area contributed by atoms with Crippen LogP contribution in [0.3, 0.4) is 0 Å². The lowest BCUT2D eigenvalue weighted by Gasteiger charge is -2.34. The minimum absolute atomic E-state index is 0.107. The van der Waals surface area contributed by atoms with Crippen LogP contribution in [0.25, 0.3) is 11.4 Å². The van der Waals surface area contributed by atoms with Crippen LogP contribution in [0.2, 0.25) is 0 Å². The van der Waals surface area contributed by atoms with E-state index in [4.69, 9.17) is 9.84 Å². The van der Waals surface area contributed by atoms with E-state index in [0.29, 0.717) is 30.0 Å². The van der Waals surface area contributed by atoms with Crippen molar-refractivity contribution in [2.45, 2.75) is 35.9 Å². The normalized spacial score (nSPS) is 26.2. The fourth-order valence-corrected chi connectivity index (χ4v) is 4.75.